The van der Waals surface area contributed by atoms with E-state index in [0.717, 1.165) is 53.3 Å². The molecule has 0 bridgehead atoms. The Labute approximate surface area is 164 Å². The summed E-state index contributed by atoms with van der Waals surface area (Å²) in [7, 11) is 0. The van der Waals surface area contributed by atoms with Crippen LogP contribution in [0.25, 0.3) is 17.2 Å². The summed E-state index contributed by atoms with van der Waals surface area (Å²) in [6.45, 7) is 1.77. The van der Waals surface area contributed by atoms with Gasteiger partial charge in [-0.1, -0.05) is 0 Å². The van der Waals surface area contributed by atoms with Gasteiger partial charge in [0.2, 0.25) is 0 Å². The van der Waals surface area contributed by atoms with E-state index in [2.05, 4.69) is 35.8 Å². The van der Waals surface area contributed by atoms with Gasteiger partial charge in [-0.05, 0) is 34.8 Å². The molecule has 0 saturated carbocycles. The van der Waals surface area contributed by atoms with E-state index in [9.17, 15) is 0 Å². The van der Waals surface area contributed by atoms with Crippen LogP contribution in [0.3, 0.4) is 0 Å². The molecule has 8 nitrogen and oxygen atoms in total. The molecule has 138 valence electrons. The Bertz CT molecular complexity index is 1010. The number of hydrogen-bond donors (Lipinski definition) is 2. The molecule has 0 aliphatic carbocycles. The van der Waals surface area contributed by atoms with Gasteiger partial charge in [0.05, 0.1) is 12.4 Å². The predicted octanol–water partition coefficient (Wildman–Crippen LogP) is 0.838. The molecule has 3 aromatic heterocycles. The van der Waals surface area contributed by atoms with Crippen molar-refractivity contribution in [2.24, 2.45) is 11.7 Å². The molecule has 0 radical (unpaired) electrons. The van der Waals surface area contributed by atoms with Crippen LogP contribution in [0.15, 0.2) is 47.2 Å². The molecule has 1 fully saturated rings. The van der Waals surface area contributed by atoms with Crippen LogP contribution in [0.5, 0.6) is 0 Å². The van der Waals surface area contributed by atoms with Crippen LogP contribution < -0.4 is 16.0 Å². The number of fused-ring (bicyclic) bond motifs is 1. The Kier molecular flexibility index (Phi) is 4.85. The predicted molar refractivity (Wildman–Crippen MR) is 107 cm³/mol. The van der Waals surface area contributed by atoms with Crippen molar-refractivity contribution in [1.29, 1.82) is 0 Å². The quantitative estimate of drug-likeness (QED) is 0.596. The molecule has 0 spiro atoms. The molecule has 1 aliphatic rings. The molecule has 4 rings (SSSR count). The summed E-state index contributed by atoms with van der Waals surface area (Å²) in [5, 5.41) is 5.72. The van der Waals surface area contributed by atoms with Crippen LogP contribution in [-0.4, -0.2) is 43.6 Å². The van der Waals surface area contributed by atoms with Gasteiger partial charge in [-0.3, -0.25) is 9.81 Å². The number of anilines is 1. The lowest BCUT2D eigenvalue weighted by atomic mass is 9.91. The maximum absolute atomic E-state index is 5.72. The standard InChI is InChI=1S/C18H19BrN8/c19-15-11-27-14(8-24-17(27)9-23-15)18-22-4-3-16(25-18)26-5-1-2-12(10-26)13(6-20)7-21/h3-4,6-9,11-12,20H,1-2,5,10,21H2/p+1/b13-7+,20-6?. The molecule has 1 aliphatic heterocycles. The third-order valence-electron chi connectivity index (χ3n) is 4.84. The van der Waals surface area contributed by atoms with Gasteiger partial charge >= 0.3 is 0 Å². The van der Waals surface area contributed by atoms with E-state index in [1.165, 1.54) is 0 Å². The minimum atomic E-state index is 0.310. The molecule has 27 heavy (non-hydrogen) atoms. The maximum atomic E-state index is 5.72. The fourth-order valence-corrected chi connectivity index (χ4v) is 3.77. The molecule has 0 aromatic carbocycles. The van der Waals surface area contributed by atoms with Gasteiger partial charge in [0.25, 0.3) is 0 Å². The molecule has 4 N–H and O–H groups in total. The molecule has 9 heteroatoms. The van der Waals surface area contributed by atoms with Crippen molar-refractivity contribution in [2.75, 3.05) is 18.0 Å². The number of rotatable bonds is 4. The summed E-state index contributed by atoms with van der Waals surface area (Å²) in [4.78, 5) is 20.1. The van der Waals surface area contributed by atoms with E-state index in [0.29, 0.717) is 11.7 Å². The minimum absolute atomic E-state index is 0.310. The SMILES string of the molecule is N/C=C(\C=[NH2+])C1CCCN(c2ccnc(-c3cnc4cnc(Br)cn34)n2)C1. The van der Waals surface area contributed by atoms with Crippen LogP contribution in [0.1, 0.15) is 12.8 Å². The first-order chi connectivity index (χ1) is 13.2. The third kappa shape index (κ3) is 3.42. The van der Waals surface area contributed by atoms with Crippen LogP contribution >= 0.6 is 15.9 Å². The summed E-state index contributed by atoms with van der Waals surface area (Å²) in [6, 6.07) is 1.94. The van der Waals surface area contributed by atoms with E-state index in [-0.39, 0.29) is 0 Å². The molecule has 0 amide bonds. The fourth-order valence-electron chi connectivity index (χ4n) is 3.46. The van der Waals surface area contributed by atoms with E-state index in [4.69, 9.17) is 16.1 Å². The van der Waals surface area contributed by atoms with Gasteiger partial charge in [0, 0.05) is 43.2 Å². The van der Waals surface area contributed by atoms with Crippen molar-refractivity contribution in [1.82, 2.24) is 24.3 Å². The second-order valence-electron chi connectivity index (χ2n) is 6.44. The highest BCUT2D eigenvalue weighted by atomic mass is 79.9. The van der Waals surface area contributed by atoms with Gasteiger partial charge in [-0.2, -0.15) is 0 Å². The molecule has 3 aromatic rings. The van der Waals surface area contributed by atoms with Gasteiger partial charge in [0.1, 0.15) is 16.1 Å². The van der Waals surface area contributed by atoms with E-state index >= 15 is 0 Å². The monoisotopic (exact) mass is 427 g/mol. The molecule has 1 saturated heterocycles. The smallest absolute Gasteiger partial charge is 0.180 e. The number of nitrogens with two attached hydrogens (primary N) is 2. The number of nitrogens with zero attached hydrogens (tertiary/aromatic N) is 6. The van der Waals surface area contributed by atoms with Crippen LogP contribution in [0.2, 0.25) is 0 Å². The zero-order chi connectivity index (χ0) is 18.8. The first-order valence-electron chi connectivity index (χ1n) is 8.73. The van der Waals surface area contributed by atoms with Crippen molar-refractivity contribution in [2.45, 2.75) is 12.8 Å². The molecular weight excluding hydrogens is 408 g/mol. The highest BCUT2D eigenvalue weighted by Crippen LogP contribution is 2.27. The van der Waals surface area contributed by atoms with Crippen molar-refractivity contribution in [3.8, 4) is 11.5 Å². The lowest BCUT2D eigenvalue weighted by Gasteiger charge is -2.33. The Morgan fingerprint density at radius 2 is 2.19 bits per heavy atom. The topological polar surface area (TPSA) is 111 Å². The van der Waals surface area contributed by atoms with E-state index in [1.807, 2.05) is 16.7 Å². The van der Waals surface area contributed by atoms with Crippen molar-refractivity contribution in [3.63, 3.8) is 0 Å². The van der Waals surface area contributed by atoms with Crippen molar-refractivity contribution >= 4 is 33.6 Å². The minimum Gasteiger partial charge on any atom is -0.404 e. The zero-order valence-electron chi connectivity index (χ0n) is 14.7. The maximum Gasteiger partial charge on any atom is 0.180 e. The highest BCUT2D eigenvalue weighted by molar-refractivity contribution is 9.10. The zero-order valence-corrected chi connectivity index (χ0v) is 16.2. The van der Waals surface area contributed by atoms with Gasteiger partial charge in [-0.15, -0.1) is 0 Å². The number of imidazole rings is 1. The fraction of sp³-hybridized carbons (Fsp3) is 0.278. The highest BCUT2D eigenvalue weighted by Gasteiger charge is 2.24. The molecule has 1 unspecified atom stereocenters. The first kappa shape index (κ1) is 17.6. The van der Waals surface area contributed by atoms with Crippen LogP contribution in [0, 0.1) is 5.92 Å². The third-order valence-corrected chi connectivity index (χ3v) is 5.25. The average molecular weight is 428 g/mol. The first-order valence-corrected chi connectivity index (χ1v) is 9.52. The summed E-state index contributed by atoms with van der Waals surface area (Å²) >= 11 is 3.40. The lowest BCUT2D eigenvalue weighted by Crippen LogP contribution is -2.40. The lowest BCUT2D eigenvalue weighted by molar-refractivity contribution is -0.105. The number of halogens is 1. The van der Waals surface area contributed by atoms with Crippen LogP contribution in [0.4, 0.5) is 5.82 Å². The Morgan fingerprint density at radius 3 is 3.00 bits per heavy atom. The Balaban J connectivity index is 1.66. The van der Waals surface area contributed by atoms with Gasteiger partial charge < -0.3 is 10.6 Å². The normalized spacial score (nSPS) is 18.0. The Hall–Kier alpha value is -2.81. The second kappa shape index (κ2) is 7.43. The molecule has 4 heterocycles. The summed E-state index contributed by atoms with van der Waals surface area (Å²) < 4.78 is 2.65. The van der Waals surface area contributed by atoms with E-state index in [1.54, 1.807) is 31.0 Å². The number of aromatic nitrogens is 5. The van der Waals surface area contributed by atoms with Gasteiger partial charge in [0.15, 0.2) is 17.7 Å². The average Bonchev–Trinajstić information content (AvgIpc) is 3.12. The summed E-state index contributed by atoms with van der Waals surface area (Å²) in [5.74, 6) is 1.83. The molecular formula is C18H20BrN8+. The van der Waals surface area contributed by atoms with Crippen LogP contribution in [-0.2, 0) is 0 Å². The Morgan fingerprint density at radius 1 is 1.30 bits per heavy atom. The van der Waals surface area contributed by atoms with Crippen molar-refractivity contribution in [3.05, 3.63) is 47.2 Å². The number of hydrogen-bond acceptors (Lipinski definition) is 6. The summed E-state index contributed by atoms with van der Waals surface area (Å²) in [5.41, 5.74) is 8.26. The second-order valence-corrected chi connectivity index (χ2v) is 7.25. The molecule has 1 atom stereocenters. The largest absolute Gasteiger partial charge is 0.404 e. The van der Waals surface area contributed by atoms with E-state index < -0.39 is 0 Å². The van der Waals surface area contributed by atoms with Crippen molar-refractivity contribution < 1.29 is 5.41 Å². The van der Waals surface area contributed by atoms with Gasteiger partial charge in [-0.25, -0.2) is 19.9 Å². The number of piperidine rings is 1. The summed E-state index contributed by atoms with van der Waals surface area (Å²) in [6.07, 6.45) is 12.4.